The third-order valence-electron chi connectivity index (χ3n) is 1.39. The molecule has 0 atom stereocenters. The molecule has 0 unspecified atom stereocenters. The Morgan fingerprint density at radius 3 is 2.13 bits per heavy atom. The van der Waals surface area contributed by atoms with Crippen molar-refractivity contribution in [3.05, 3.63) is 17.2 Å². The number of methoxy groups -OCH3 is 3. The SMILES string of the molecule is COC(=O)C(=C=C(O)OC)C(OC)=[O+]C. The number of esters is 2. The van der Waals surface area contributed by atoms with Crippen LogP contribution < -0.4 is 0 Å². The van der Waals surface area contributed by atoms with Crippen molar-refractivity contribution in [1.82, 2.24) is 0 Å². The number of rotatable bonds is 3. The van der Waals surface area contributed by atoms with Gasteiger partial charge in [-0.2, -0.15) is 0 Å². The summed E-state index contributed by atoms with van der Waals surface area (Å²) in [6.45, 7) is 0. The third kappa shape index (κ3) is 3.74. The molecule has 6 nitrogen and oxygen atoms in total. The zero-order valence-electron chi connectivity index (χ0n) is 8.99. The lowest BCUT2D eigenvalue weighted by Crippen LogP contribution is -2.17. The van der Waals surface area contributed by atoms with Gasteiger partial charge >= 0.3 is 17.9 Å². The molecule has 0 aliphatic heterocycles. The topological polar surface area (TPSA) is 76.3 Å². The summed E-state index contributed by atoms with van der Waals surface area (Å²) in [6.07, 6.45) is 0. The highest BCUT2D eigenvalue weighted by atomic mass is 16.6. The van der Waals surface area contributed by atoms with Crippen molar-refractivity contribution in [2.45, 2.75) is 0 Å². The van der Waals surface area contributed by atoms with Crippen LogP contribution in [0.5, 0.6) is 0 Å². The van der Waals surface area contributed by atoms with E-state index >= 15 is 0 Å². The third-order valence-corrected chi connectivity index (χ3v) is 1.39. The van der Waals surface area contributed by atoms with Crippen LogP contribution in [-0.4, -0.2) is 45.5 Å². The molecule has 0 spiro atoms. The fourth-order valence-electron chi connectivity index (χ4n) is 0.733. The summed E-state index contributed by atoms with van der Waals surface area (Å²) in [6, 6.07) is 0. The Labute approximate surface area is 87.1 Å². The molecular weight excluding hydrogens is 204 g/mol. The van der Waals surface area contributed by atoms with Gasteiger partial charge < -0.3 is 23.7 Å². The number of ether oxygens (including phenoxy) is 3. The molecule has 0 fully saturated rings. The number of aliphatic hydroxyl groups excluding tert-OH is 1. The van der Waals surface area contributed by atoms with Gasteiger partial charge in [-0.05, 0) is 5.73 Å². The number of hydrogen-bond acceptors (Lipinski definition) is 5. The van der Waals surface area contributed by atoms with Gasteiger partial charge in [0.15, 0.2) is 14.2 Å². The van der Waals surface area contributed by atoms with Gasteiger partial charge in [0.25, 0.3) is 5.57 Å². The predicted molar refractivity (Wildman–Crippen MR) is 50.1 cm³/mol. The second-order valence-corrected chi connectivity index (χ2v) is 2.20. The Balaban J connectivity index is 5.44. The molecule has 0 aromatic heterocycles. The summed E-state index contributed by atoms with van der Waals surface area (Å²) in [5, 5.41) is 9.04. The quantitative estimate of drug-likeness (QED) is 0.138. The minimum Gasteiger partial charge on any atom is -0.475 e. The van der Waals surface area contributed by atoms with Gasteiger partial charge in [-0.25, -0.2) is 4.79 Å². The molecule has 0 rings (SSSR count). The Kier molecular flexibility index (Phi) is 5.66. The lowest BCUT2D eigenvalue weighted by molar-refractivity contribution is -0.430. The molecule has 0 saturated heterocycles. The molecule has 0 aromatic rings. The van der Waals surface area contributed by atoms with E-state index < -0.39 is 11.9 Å². The molecule has 0 aliphatic rings. The summed E-state index contributed by atoms with van der Waals surface area (Å²) in [5.74, 6) is -1.48. The Morgan fingerprint density at radius 2 is 1.80 bits per heavy atom. The Hall–Kier alpha value is -1.94. The first kappa shape index (κ1) is 13.1. The van der Waals surface area contributed by atoms with Crippen LogP contribution in [0.25, 0.3) is 0 Å². The molecule has 0 heterocycles. The predicted octanol–water partition coefficient (Wildman–Crippen LogP) is 0.0690. The summed E-state index contributed by atoms with van der Waals surface area (Å²) < 4.78 is 18.4. The molecule has 15 heavy (non-hydrogen) atoms. The van der Waals surface area contributed by atoms with E-state index in [1.807, 2.05) is 0 Å². The van der Waals surface area contributed by atoms with Crippen molar-refractivity contribution in [1.29, 1.82) is 0 Å². The second-order valence-electron chi connectivity index (χ2n) is 2.20. The highest BCUT2D eigenvalue weighted by Crippen LogP contribution is 2.01. The van der Waals surface area contributed by atoms with Gasteiger partial charge in [0.1, 0.15) is 0 Å². The molecule has 0 aromatic carbocycles. The molecule has 0 saturated carbocycles. The maximum Gasteiger partial charge on any atom is 0.535 e. The van der Waals surface area contributed by atoms with Crippen LogP contribution in [0, 0.1) is 0 Å². The highest BCUT2D eigenvalue weighted by Gasteiger charge is 2.28. The van der Waals surface area contributed by atoms with Crippen molar-refractivity contribution in [2.24, 2.45) is 0 Å². The minimum absolute atomic E-state index is 0.134. The summed E-state index contributed by atoms with van der Waals surface area (Å²) in [7, 11) is 4.99. The van der Waals surface area contributed by atoms with E-state index in [0.717, 1.165) is 0 Å². The highest BCUT2D eigenvalue weighted by molar-refractivity contribution is 6.13. The van der Waals surface area contributed by atoms with E-state index in [0.29, 0.717) is 0 Å². The van der Waals surface area contributed by atoms with Crippen molar-refractivity contribution in [3.63, 3.8) is 0 Å². The molecule has 1 N–H and O–H groups in total. The van der Waals surface area contributed by atoms with Gasteiger partial charge in [0.2, 0.25) is 0 Å². The minimum atomic E-state index is -0.766. The number of aliphatic hydroxyl groups is 1. The monoisotopic (exact) mass is 217 g/mol. The molecular formula is C9H13O6+. The van der Waals surface area contributed by atoms with Gasteiger partial charge in [-0.3, -0.25) is 0 Å². The van der Waals surface area contributed by atoms with Crippen LogP contribution in [0.4, 0.5) is 0 Å². The van der Waals surface area contributed by atoms with Crippen LogP contribution in [0.1, 0.15) is 0 Å². The average molecular weight is 217 g/mol. The van der Waals surface area contributed by atoms with Crippen molar-refractivity contribution in [3.8, 4) is 0 Å². The Morgan fingerprint density at radius 1 is 1.20 bits per heavy atom. The normalized spacial score (nSPS) is 10.0. The van der Waals surface area contributed by atoms with E-state index in [1.165, 1.54) is 28.4 Å². The maximum absolute atomic E-state index is 11.2. The molecule has 84 valence electrons. The first-order chi connectivity index (χ1) is 7.10. The van der Waals surface area contributed by atoms with Crippen LogP contribution in [0.2, 0.25) is 0 Å². The molecule has 0 aliphatic carbocycles. The van der Waals surface area contributed by atoms with E-state index in [-0.39, 0.29) is 11.5 Å². The fraction of sp³-hybridized carbons (Fsp3) is 0.444. The summed E-state index contributed by atoms with van der Waals surface area (Å²) >= 11 is 0. The zero-order chi connectivity index (χ0) is 11.8. The summed E-state index contributed by atoms with van der Waals surface area (Å²) in [4.78, 5) is 11.2. The first-order valence-corrected chi connectivity index (χ1v) is 3.88. The smallest absolute Gasteiger partial charge is 0.475 e. The molecule has 6 heteroatoms. The largest absolute Gasteiger partial charge is 0.535 e. The maximum atomic E-state index is 11.2. The van der Waals surface area contributed by atoms with Gasteiger partial charge in [-0.15, -0.1) is 0 Å². The molecule has 0 radical (unpaired) electrons. The van der Waals surface area contributed by atoms with E-state index in [9.17, 15) is 4.79 Å². The first-order valence-electron chi connectivity index (χ1n) is 3.88. The van der Waals surface area contributed by atoms with Crippen molar-refractivity contribution in [2.75, 3.05) is 28.4 Å². The number of hydrogen-bond donors (Lipinski definition) is 1. The lowest BCUT2D eigenvalue weighted by Gasteiger charge is -1.96. The molecule has 0 amide bonds. The standard InChI is InChI=1S/C9H12O6/c1-12-7(10)5-6(8(11)13-2)9(14-3)15-4/h1-4H3/p+1. The van der Waals surface area contributed by atoms with Crippen LogP contribution >= 0.6 is 0 Å². The second kappa shape index (κ2) is 6.50. The van der Waals surface area contributed by atoms with Crippen LogP contribution in [0.3, 0.4) is 0 Å². The number of carbonyl (C=O) groups excluding carboxylic acids is 2. The van der Waals surface area contributed by atoms with Crippen LogP contribution in [-0.2, 0) is 23.4 Å². The summed E-state index contributed by atoms with van der Waals surface area (Å²) in [5.41, 5.74) is 2.02. The lowest BCUT2D eigenvalue weighted by atomic mass is 10.3. The van der Waals surface area contributed by atoms with Gasteiger partial charge in [0, 0.05) is 0 Å². The van der Waals surface area contributed by atoms with Gasteiger partial charge in [0.05, 0.1) is 14.2 Å². The molecule has 0 bridgehead atoms. The van der Waals surface area contributed by atoms with Crippen LogP contribution in [0.15, 0.2) is 17.2 Å². The number of carbonyl (C=O) groups is 1. The average Bonchev–Trinajstić information content (AvgIpc) is 2.27. The van der Waals surface area contributed by atoms with Gasteiger partial charge in [-0.1, -0.05) is 0 Å². The zero-order valence-corrected chi connectivity index (χ0v) is 8.99. The van der Waals surface area contributed by atoms with Crippen molar-refractivity contribution >= 4 is 11.9 Å². The van der Waals surface area contributed by atoms with E-state index in [4.69, 9.17) is 14.3 Å². The van der Waals surface area contributed by atoms with E-state index in [2.05, 4.69) is 15.2 Å². The Bertz CT molecular complexity index is 321. The van der Waals surface area contributed by atoms with Crippen molar-refractivity contribution < 1.29 is 28.5 Å². The van der Waals surface area contributed by atoms with E-state index in [1.54, 1.807) is 0 Å². The fourth-order valence-corrected chi connectivity index (χ4v) is 0.733.